The Balaban J connectivity index is 2.42. The van der Waals surface area contributed by atoms with Gasteiger partial charge in [0.05, 0.1) is 6.04 Å². The molecule has 1 aliphatic rings. The van der Waals surface area contributed by atoms with Gasteiger partial charge < -0.3 is 19.1 Å². The third-order valence-corrected chi connectivity index (χ3v) is 4.13. The van der Waals surface area contributed by atoms with Crippen molar-refractivity contribution in [3.63, 3.8) is 0 Å². The number of thioether (sulfide) groups is 1. The van der Waals surface area contributed by atoms with E-state index in [1.807, 2.05) is 11.8 Å². The predicted molar refractivity (Wildman–Crippen MR) is 71.4 cm³/mol. The van der Waals surface area contributed by atoms with E-state index in [-0.39, 0.29) is 24.8 Å². The maximum absolute atomic E-state index is 11.8. The summed E-state index contributed by atoms with van der Waals surface area (Å²) in [5.41, 5.74) is 0. The van der Waals surface area contributed by atoms with Crippen LogP contribution in [0.1, 0.15) is 13.8 Å². The quantitative estimate of drug-likeness (QED) is 0.468. The fourth-order valence-corrected chi connectivity index (χ4v) is 3.00. The third-order valence-electron chi connectivity index (χ3n) is 2.65. The Morgan fingerprint density at radius 1 is 1.33 bits per heavy atom. The van der Waals surface area contributed by atoms with Crippen LogP contribution in [0.4, 0.5) is 0 Å². The summed E-state index contributed by atoms with van der Waals surface area (Å²) < 4.78 is 15.3. The van der Waals surface area contributed by atoms with Crippen LogP contribution in [0.2, 0.25) is 0 Å². The molecule has 106 valence electrons. The second-order valence-electron chi connectivity index (χ2n) is 4.72. The van der Waals surface area contributed by atoms with Gasteiger partial charge in [-0.25, -0.2) is 0 Å². The van der Waals surface area contributed by atoms with Crippen LogP contribution in [0.25, 0.3) is 0 Å². The first-order chi connectivity index (χ1) is 8.61. The molecule has 0 unspecified atom stereocenters. The number of β-lactam (4-membered cyclic amide) rings is 1. The van der Waals surface area contributed by atoms with Crippen molar-refractivity contribution in [2.24, 2.45) is 5.92 Å². The topological polar surface area (TPSA) is 48.0 Å². The SMILES string of the molecule is COCO[C@H]1C(=O)N(COC)[C@H]1CSCC(C)C. The van der Waals surface area contributed by atoms with E-state index in [9.17, 15) is 4.79 Å². The Morgan fingerprint density at radius 3 is 2.61 bits per heavy atom. The molecule has 0 aliphatic carbocycles. The normalized spacial score (nSPS) is 23.6. The molecule has 0 bridgehead atoms. The molecular weight excluding hydrogens is 254 g/mol. The first kappa shape index (κ1) is 15.8. The van der Waals surface area contributed by atoms with Crippen molar-refractivity contribution < 1.29 is 19.0 Å². The number of hydrogen-bond donors (Lipinski definition) is 0. The van der Waals surface area contributed by atoms with Gasteiger partial charge in [-0.2, -0.15) is 11.8 Å². The number of methoxy groups -OCH3 is 2. The van der Waals surface area contributed by atoms with E-state index >= 15 is 0 Å². The first-order valence-electron chi connectivity index (χ1n) is 6.09. The van der Waals surface area contributed by atoms with Crippen molar-refractivity contribution in [1.29, 1.82) is 0 Å². The average molecular weight is 277 g/mol. The summed E-state index contributed by atoms with van der Waals surface area (Å²) in [5.74, 6) is 2.61. The lowest BCUT2D eigenvalue weighted by atomic mass is 10.0. The fourth-order valence-electron chi connectivity index (χ4n) is 1.80. The van der Waals surface area contributed by atoms with Crippen molar-refractivity contribution in [2.75, 3.05) is 39.2 Å². The molecule has 2 atom stereocenters. The Kier molecular flexibility index (Phi) is 6.99. The highest BCUT2D eigenvalue weighted by Gasteiger charge is 2.47. The highest BCUT2D eigenvalue weighted by atomic mass is 32.2. The second kappa shape index (κ2) is 7.99. The van der Waals surface area contributed by atoms with Gasteiger partial charge in [0.25, 0.3) is 5.91 Å². The van der Waals surface area contributed by atoms with E-state index in [0.29, 0.717) is 12.6 Å². The maximum atomic E-state index is 11.8. The number of nitrogens with zero attached hydrogens (tertiary/aromatic N) is 1. The van der Waals surface area contributed by atoms with Gasteiger partial charge in [-0.15, -0.1) is 0 Å². The molecule has 5 nitrogen and oxygen atoms in total. The Labute approximate surface area is 113 Å². The van der Waals surface area contributed by atoms with Crippen LogP contribution in [-0.2, 0) is 19.0 Å². The minimum Gasteiger partial charge on any atom is -0.364 e. The molecule has 0 radical (unpaired) electrons. The molecule has 1 saturated heterocycles. The molecule has 1 fully saturated rings. The number of carbonyl (C=O) groups excluding carboxylic acids is 1. The van der Waals surface area contributed by atoms with Crippen molar-refractivity contribution >= 4 is 17.7 Å². The number of ether oxygens (including phenoxy) is 3. The molecule has 0 saturated carbocycles. The fraction of sp³-hybridized carbons (Fsp3) is 0.917. The van der Waals surface area contributed by atoms with Crippen LogP contribution in [-0.4, -0.2) is 62.2 Å². The van der Waals surface area contributed by atoms with Crippen LogP contribution in [0.3, 0.4) is 0 Å². The lowest BCUT2D eigenvalue weighted by Crippen LogP contribution is -2.67. The van der Waals surface area contributed by atoms with Gasteiger partial charge in [-0.05, 0) is 11.7 Å². The third kappa shape index (κ3) is 4.12. The van der Waals surface area contributed by atoms with Crippen molar-refractivity contribution in [1.82, 2.24) is 4.90 Å². The minimum atomic E-state index is -0.375. The smallest absolute Gasteiger partial charge is 0.256 e. The summed E-state index contributed by atoms with van der Waals surface area (Å²) in [6.45, 7) is 4.86. The van der Waals surface area contributed by atoms with Crippen molar-refractivity contribution in [3.8, 4) is 0 Å². The molecule has 0 N–H and O–H groups in total. The van der Waals surface area contributed by atoms with Crippen LogP contribution in [0.15, 0.2) is 0 Å². The van der Waals surface area contributed by atoms with E-state index in [4.69, 9.17) is 14.2 Å². The van der Waals surface area contributed by atoms with E-state index in [1.54, 1.807) is 19.1 Å². The molecular formula is C12H23NO4S. The number of rotatable bonds is 9. The van der Waals surface area contributed by atoms with Gasteiger partial charge in [0.1, 0.15) is 13.5 Å². The zero-order valence-electron chi connectivity index (χ0n) is 11.5. The van der Waals surface area contributed by atoms with E-state index in [1.165, 1.54) is 0 Å². The Morgan fingerprint density at radius 2 is 2.06 bits per heavy atom. The zero-order chi connectivity index (χ0) is 13.5. The number of carbonyl (C=O) groups is 1. The van der Waals surface area contributed by atoms with Gasteiger partial charge >= 0.3 is 0 Å². The van der Waals surface area contributed by atoms with Crippen LogP contribution in [0.5, 0.6) is 0 Å². The average Bonchev–Trinajstić information content (AvgIpc) is 2.34. The minimum absolute atomic E-state index is 0.0101. The van der Waals surface area contributed by atoms with Gasteiger partial charge in [0.2, 0.25) is 0 Å². The molecule has 1 heterocycles. The number of amides is 1. The van der Waals surface area contributed by atoms with Crippen molar-refractivity contribution in [3.05, 3.63) is 0 Å². The second-order valence-corrected chi connectivity index (χ2v) is 5.79. The molecule has 6 heteroatoms. The first-order valence-corrected chi connectivity index (χ1v) is 7.25. The van der Waals surface area contributed by atoms with Gasteiger partial charge in [0.15, 0.2) is 6.10 Å². The summed E-state index contributed by atoms with van der Waals surface area (Å²) in [6.07, 6.45) is -0.375. The molecule has 0 aromatic carbocycles. The number of hydrogen-bond acceptors (Lipinski definition) is 5. The van der Waals surface area contributed by atoms with E-state index < -0.39 is 0 Å². The van der Waals surface area contributed by atoms with Gasteiger partial charge in [-0.1, -0.05) is 13.8 Å². The molecule has 1 rings (SSSR count). The lowest BCUT2D eigenvalue weighted by molar-refractivity contribution is -0.193. The summed E-state index contributed by atoms with van der Waals surface area (Å²) in [5, 5.41) is 0. The van der Waals surface area contributed by atoms with E-state index in [2.05, 4.69) is 13.8 Å². The van der Waals surface area contributed by atoms with Gasteiger partial charge in [0, 0.05) is 20.0 Å². The summed E-state index contributed by atoms with van der Waals surface area (Å²) in [6, 6.07) is 0.0938. The molecule has 1 amide bonds. The molecule has 18 heavy (non-hydrogen) atoms. The largest absolute Gasteiger partial charge is 0.364 e. The predicted octanol–water partition coefficient (Wildman–Crippen LogP) is 1.18. The maximum Gasteiger partial charge on any atom is 0.256 e. The van der Waals surface area contributed by atoms with Crippen LogP contribution >= 0.6 is 11.8 Å². The van der Waals surface area contributed by atoms with Crippen LogP contribution in [0, 0.1) is 5.92 Å². The van der Waals surface area contributed by atoms with Crippen LogP contribution < -0.4 is 0 Å². The Bertz CT molecular complexity index is 262. The standard InChI is InChI=1S/C12H23NO4S/c1-9(2)5-18-6-10-11(17-8-16-4)12(14)13(10)7-15-3/h9-11H,5-8H2,1-4H3/t10-,11+/m0/s1. The lowest BCUT2D eigenvalue weighted by Gasteiger charge is -2.45. The summed E-state index contributed by atoms with van der Waals surface area (Å²) >= 11 is 1.84. The summed E-state index contributed by atoms with van der Waals surface area (Å²) in [4.78, 5) is 13.5. The monoisotopic (exact) mass is 277 g/mol. The van der Waals surface area contributed by atoms with Crippen molar-refractivity contribution in [2.45, 2.75) is 26.0 Å². The molecule has 0 aromatic rings. The zero-order valence-corrected chi connectivity index (χ0v) is 12.4. The molecule has 0 aromatic heterocycles. The Hall–Kier alpha value is -0.300. The highest BCUT2D eigenvalue weighted by Crippen LogP contribution is 2.26. The number of likely N-dealkylation sites (tertiary alicyclic amines) is 1. The molecule has 1 aliphatic heterocycles. The van der Waals surface area contributed by atoms with Gasteiger partial charge in [-0.3, -0.25) is 4.79 Å². The summed E-state index contributed by atoms with van der Waals surface area (Å²) in [7, 11) is 3.15. The molecule has 0 spiro atoms. The van der Waals surface area contributed by atoms with E-state index in [0.717, 1.165) is 11.5 Å². The highest BCUT2D eigenvalue weighted by molar-refractivity contribution is 7.99.